The zero-order valence-corrected chi connectivity index (χ0v) is 23.4. The number of nitrogens with one attached hydrogen (secondary N) is 2. The number of piperidine rings is 1. The molecule has 3 amide bonds. The summed E-state index contributed by atoms with van der Waals surface area (Å²) in [5, 5.41) is 6.70. The number of amides is 3. The maximum absolute atomic E-state index is 14.3. The largest absolute Gasteiger partial charge is 0.363 e. The summed E-state index contributed by atoms with van der Waals surface area (Å²) < 4.78 is 0. The van der Waals surface area contributed by atoms with Crippen LogP contribution in [-0.4, -0.2) is 59.1 Å². The quantitative estimate of drug-likeness (QED) is 0.376. The number of ketones is 1. The van der Waals surface area contributed by atoms with Crippen molar-refractivity contribution < 1.29 is 19.2 Å². The molecular formula is C30H48N4O4. The van der Waals surface area contributed by atoms with E-state index in [9.17, 15) is 19.2 Å². The Morgan fingerprint density at radius 1 is 0.895 bits per heavy atom. The van der Waals surface area contributed by atoms with Gasteiger partial charge in [0.15, 0.2) is 0 Å². The Morgan fingerprint density at radius 3 is 2.11 bits per heavy atom. The number of Topliss-reactive ketones (excluding diaryl/α,β-unsaturated/α-hetero) is 1. The van der Waals surface area contributed by atoms with Crippen LogP contribution in [0.5, 0.6) is 0 Å². The van der Waals surface area contributed by atoms with E-state index in [0.29, 0.717) is 30.8 Å². The SMILES string of the molecule is CC1(C)C2CN(C(=O)[C@@H](NC3CCCCC3)C3CCCCC3)C(C(=O)NC(CC3CCC3)C(=O)C(N)=O)[C@@H]21. The van der Waals surface area contributed by atoms with E-state index < -0.39 is 23.8 Å². The summed E-state index contributed by atoms with van der Waals surface area (Å²) in [6.07, 6.45) is 15.1. The molecule has 4 aliphatic carbocycles. The zero-order chi connectivity index (χ0) is 27.0. The minimum atomic E-state index is -1.01. The van der Waals surface area contributed by atoms with Crippen molar-refractivity contribution in [2.24, 2.45) is 34.8 Å². The van der Waals surface area contributed by atoms with Gasteiger partial charge >= 0.3 is 0 Å². The number of hydrogen-bond acceptors (Lipinski definition) is 5. The molecule has 5 fully saturated rings. The molecule has 3 unspecified atom stereocenters. The van der Waals surface area contributed by atoms with Gasteiger partial charge in [-0.1, -0.05) is 71.6 Å². The molecule has 212 valence electrons. The summed E-state index contributed by atoms with van der Waals surface area (Å²) in [6.45, 7) is 4.93. The lowest BCUT2D eigenvalue weighted by atomic mass is 9.80. The molecule has 8 heteroatoms. The van der Waals surface area contributed by atoms with Crippen LogP contribution in [0.25, 0.3) is 0 Å². The van der Waals surface area contributed by atoms with Crippen molar-refractivity contribution in [3.63, 3.8) is 0 Å². The fourth-order valence-corrected chi connectivity index (χ4v) is 8.11. The molecule has 5 atom stereocenters. The summed E-state index contributed by atoms with van der Waals surface area (Å²) in [7, 11) is 0. The van der Waals surface area contributed by atoms with Gasteiger partial charge in [0.2, 0.25) is 17.6 Å². The number of rotatable bonds is 10. The molecule has 1 saturated heterocycles. The lowest BCUT2D eigenvalue weighted by Gasteiger charge is -2.39. The zero-order valence-electron chi connectivity index (χ0n) is 23.4. The van der Waals surface area contributed by atoms with E-state index in [1.54, 1.807) is 0 Å². The first-order chi connectivity index (χ1) is 18.2. The predicted octanol–water partition coefficient (Wildman–Crippen LogP) is 3.07. The Bertz CT molecular complexity index is 919. The molecule has 0 bridgehead atoms. The summed E-state index contributed by atoms with van der Waals surface area (Å²) in [4.78, 5) is 54.5. The summed E-state index contributed by atoms with van der Waals surface area (Å²) in [5.74, 6) is -1.00. The standard InChI is InChI=1S/C30H48N4O4/c1-30(2)21-17-34(29(38)24(19-12-5-3-6-13-19)32-20-14-7-4-8-15-20)25(23(21)30)28(37)33-22(26(35)27(31)36)16-18-10-9-11-18/h18-25,32H,3-17H2,1-2H3,(H2,31,36)(H,33,37)/t21?,22?,23-,24+,25?/m1/s1. The van der Waals surface area contributed by atoms with Crippen LogP contribution in [0.4, 0.5) is 0 Å². The fourth-order valence-electron chi connectivity index (χ4n) is 8.11. The smallest absolute Gasteiger partial charge is 0.287 e. The van der Waals surface area contributed by atoms with Crippen molar-refractivity contribution in [2.45, 2.75) is 128 Å². The van der Waals surface area contributed by atoms with Crippen LogP contribution in [0.2, 0.25) is 0 Å². The van der Waals surface area contributed by atoms with Gasteiger partial charge in [-0.25, -0.2) is 0 Å². The first kappa shape index (κ1) is 27.6. The van der Waals surface area contributed by atoms with Gasteiger partial charge < -0.3 is 21.3 Å². The van der Waals surface area contributed by atoms with Crippen LogP contribution in [0, 0.1) is 29.1 Å². The molecule has 5 rings (SSSR count). The number of nitrogens with two attached hydrogens (primary N) is 1. The van der Waals surface area contributed by atoms with Gasteiger partial charge in [0.25, 0.3) is 5.91 Å². The van der Waals surface area contributed by atoms with E-state index in [4.69, 9.17) is 5.73 Å². The van der Waals surface area contributed by atoms with Crippen molar-refractivity contribution in [1.29, 1.82) is 0 Å². The third-order valence-corrected chi connectivity index (χ3v) is 10.8. The van der Waals surface area contributed by atoms with E-state index in [1.165, 1.54) is 25.7 Å². The van der Waals surface area contributed by atoms with Crippen molar-refractivity contribution in [2.75, 3.05) is 6.54 Å². The number of likely N-dealkylation sites (tertiary alicyclic amines) is 1. The number of carbonyl (C=O) groups excluding carboxylic acids is 4. The second-order valence-corrected chi connectivity index (χ2v) is 13.6. The van der Waals surface area contributed by atoms with E-state index in [0.717, 1.165) is 57.8 Å². The van der Waals surface area contributed by atoms with Gasteiger partial charge in [-0.3, -0.25) is 19.2 Å². The molecule has 4 saturated carbocycles. The topological polar surface area (TPSA) is 122 Å². The molecule has 5 aliphatic rings. The second kappa shape index (κ2) is 11.3. The minimum Gasteiger partial charge on any atom is -0.363 e. The molecule has 0 aromatic rings. The average Bonchev–Trinajstić information content (AvgIpc) is 3.21. The number of hydrogen-bond donors (Lipinski definition) is 3. The van der Waals surface area contributed by atoms with Gasteiger partial charge in [-0.05, 0) is 61.2 Å². The molecule has 0 spiro atoms. The summed E-state index contributed by atoms with van der Waals surface area (Å²) in [6, 6.07) is -1.41. The Labute approximate surface area is 227 Å². The van der Waals surface area contributed by atoms with Gasteiger partial charge in [-0.15, -0.1) is 0 Å². The number of nitrogens with zero attached hydrogens (tertiary/aromatic N) is 1. The average molecular weight is 529 g/mol. The van der Waals surface area contributed by atoms with E-state index in [1.807, 2.05) is 4.90 Å². The Morgan fingerprint density at radius 2 is 1.53 bits per heavy atom. The highest BCUT2D eigenvalue weighted by atomic mass is 16.2. The fraction of sp³-hybridized carbons (Fsp3) is 0.867. The molecule has 8 nitrogen and oxygen atoms in total. The Kier molecular flexibility index (Phi) is 8.18. The summed E-state index contributed by atoms with van der Waals surface area (Å²) in [5.41, 5.74) is 5.33. The molecule has 1 heterocycles. The van der Waals surface area contributed by atoms with Crippen LogP contribution < -0.4 is 16.4 Å². The van der Waals surface area contributed by atoms with Crippen LogP contribution in [-0.2, 0) is 19.2 Å². The van der Waals surface area contributed by atoms with Crippen LogP contribution in [0.1, 0.15) is 104 Å². The Balaban J connectivity index is 1.35. The Hall–Kier alpha value is -1.96. The van der Waals surface area contributed by atoms with Gasteiger partial charge in [-0.2, -0.15) is 0 Å². The minimum absolute atomic E-state index is 0.0207. The van der Waals surface area contributed by atoms with Crippen molar-refractivity contribution >= 4 is 23.5 Å². The normalized spacial score (nSPS) is 31.1. The molecule has 38 heavy (non-hydrogen) atoms. The third kappa shape index (κ3) is 5.52. The first-order valence-electron chi connectivity index (χ1n) is 15.4. The lowest BCUT2D eigenvalue weighted by Crippen LogP contribution is -2.60. The summed E-state index contributed by atoms with van der Waals surface area (Å²) >= 11 is 0. The van der Waals surface area contributed by atoms with Crippen LogP contribution in [0.15, 0.2) is 0 Å². The number of primary amides is 1. The van der Waals surface area contributed by atoms with Gasteiger partial charge in [0, 0.05) is 12.6 Å². The molecule has 0 aromatic carbocycles. The van der Waals surface area contributed by atoms with Crippen molar-refractivity contribution in [3.05, 3.63) is 0 Å². The van der Waals surface area contributed by atoms with Crippen molar-refractivity contribution in [1.82, 2.24) is 15.5 Å². The second-order valence-electron chi connectivity index (χ2n) is 13.6. The van der Waals surface area contributed by atoms with E-state index in [-0.39, 0.29) is 35.1 Å². The highest BCUT2D eigenvalue weighted by Crippen LogP contribution is 2.65. The monoisotopic (exact) mass is 528 g/mol. The molecule has 0 radical (unpaired) electrons. The van der Waals surface area contributed by atoms with E-state index >= 15 is 0 Å². The molecular weight excluding hydrogens is 480 g/mol. The number of carbonyl (C=O) groups is 4. The molecule has 0 aromatic heterocycles. The van der Waals surface area contributed by atoms with Gasteiger partial charge in [0.05, 0.1) is 12.1 Å². The lowest BCUT2D eigenvalue weighted by molar-refractivity contribution is -0.145. The highest BCUT2D eigenvalue weighted by Gasteiger charge is 2.69. The highest BCUT2D eigenvalue weighted by molar-refractivity contribution is 6.37. The molecule has 1 aliphatic heterocycles. The first-order valence-corrected chi connectivity index (χ1v) is 15.4. The molecule has 4 N–H and O–H groups in total. The van der Waals surface area contributed by atoms with E-state index in [2.05, 4.69) is 24.5 Å². The van der Waals surface area contributed by atoms with Crippen molar-refractivity contribution in [3.8, 4) is 0 Å². The third-order valence-electron chi connectivity index (χ3n) is 10.8. The maximum Gasteiger partial charge on any atom is 0.287 e. The number of fused-ring (bicyclic) bond motifs is 1. The van der Waals surface area contributed by atoms with Gasteiger partial charge in [0.1, 0.15) is 6.04 Å². The predicted molar refractivity (Wildman–Crippen MR) is 145 cm³/mol. The van der Waals surface area contributed by atoms with Crippen LogP contribution >= 0.6 is 0 Å². The maximum atomic E-state index is 14.3. The van der Waals surface area contributed by atoms with Crippen LogP contribution in [0.3, 0.4) is 0 Å².